The minimum absolute atomic E-state index is 0.438. The molecular weight excluding hydrogens is 150 g/mol. The molecule has 1 aromatic rings. The van der Waals surface area contributed by atoms with E-state index in [-0.39, 0.29) is 0 Å². The fourth-order valence-electron chi connectivity index (χ4n) is 0.681. The van der Waals surface area contributed by atoms with Crippen LogP contribution in [0.15, 0.2) is 42.1 Å². The van der Waals surface area contributed by atoms with Gasteiger partial charge in [0.05, 0.1) is 6.21 Å². The average molecular weight is 160 g/mol. The smallest absolute Gasteiger partial charge is 0.135 e. The molecule has 0 fully saturated rings. The van der Waals surface area contributed by atoms with Crippen LogP contribution in [0.3, 0.4) is 0 Å². The van der Waals surface area contributed by atoms with Crippen molar-refractivity contribution in [2.24, 2.45) is 5.16 Å². The molecular formula is C10H10NO. The van der Waals surface area contributed by atoms with Crippen LogP contribution in [0.25, 0.3) is 0 Å². The molecule has 0 saturated heterocycles. The fraction of sp³-hybridized carbons (Fsp3) is 0.100. The molecule has 0 heterocycles. The lowest BCUT2D eigenvalue weighted by Crippen LogP contribution is -1.84. The second-order valence-corrected chi connectivity index (χ2v) is 2.16. The van der Waals surface area contributed by atoms with Crippen molar-refractivity contribution in [3.05, 3.63) is 48.6 Å². The minimum atomic E-state index is 0.438. The molecule has 1 aromatic carbocycles. The van der Waals surface area contributed by atoms with Gasteiger partial charge in [-0.15, -0.1) is 0 Å². The van der Waals surface area contributed by atoms with Gasteiger partial charge in [-0.25, -0.2) is 0 Å². The lowest BCUT2D eigenvalue weighted by molar-refractivity contribution is 0.176. The largest absolute Gasteiger partial charge is 0.392 e. The second kappa shape index (κ2) is 5.13. The zero-order chi connectivity index (χ0) is 8.65. The molecule has 1 radical (unpaired) electrons. The van der Waals surface area contributed by atoms with Crippen LogP contribution in [0.4, 0.5) is 0 Å². The van der Waals surface area contributed by atoms with Crippen molar-refractivity contribution in [3.8, 4) is 0 Å². The Bertz CT molecular complexity index is 254. The highest BCUT2D eigenvalue weighted by Crippen LogP contribution is 1.93. The summed E-state index contributed by atoms with van der Waals surface area (Å²) in [6.07, 6.45) is 3.29. The Labute approximate surface area is 72.2 Å². The molecule has 0 atom stereocenters. The highest BCUT2D eigenvalue weighted by atomic mass is 16.6. The third kappa shape index (κ3) is 3.01. The molecule has 0 bridgehead atoms. The molecule has 0 amide bonds. The maximum Gasteiger partial charge on any atom is 0.135 e. The first-order valence-corrected chi connectivity index (χ1v) is 3.66. The van der Waals surface area contributed by atoms with Crippen molar-refractivity contribution in [2.75, 3.05) is 6.61 Å². The van der Waals surface area contributed by atoms with Crippen LogP contribution in [0.5, 0.6) is 0 Å². The normalized spacial score (nSPS) is 10.0. The molecule has 12 heavy (non-hydrogen) atoms. The minimum Gasteiger partial charge on any atom is -0.392 e. The van der Waals surface area contributed by atoms with Gasteiger partial charge >= 0.3 is 0 Å². The number of oxime groups is 1. The summed E-state index contributed by atoms with van der Waals surface area (Å²) in [6, 6.07) is 10.4. The van der Waals surface area contributed by atoms with E-state index in [1.807, 2.05) is 24.3 Å². The van der Waals surface area contributed by atoms with Crippen LogP contribution in [0.2, 0.25) is 0 Å². The van der Waals surface area contributed by atoms with Gasteiger partial charge in [0.25, 0.3) is 0 Å². The van der Waals surface area contributed by atoms with E-state index in [4.69, 9.17) is 4.84 Å². The summed E-state index contributed by atoms with van der Waals surface area (Å²) in [6.45, 7) is 3.94. The van der Waals surface area contributed by atoms with E-state index in [9.17, 15) is 0 Å². The number of nitrogens with zero attached hydrogens (tertiary/aromatic N) is 1. The van der Waals surface area contributed by atoms with Gasteiger partial charge in [-0.05, 0) is 17.7 Å². The second-order valence-electron chi connectivity index (χ2n) is 2.16. The van der Waals surface area contributed by atoms with Gasteiger partial charge in [0.1, 0.15) is 6.61 Å². The van der Waals surface area contributed by atoms with Gasteiger partial charge in [-0.3, -0.25) is 0 Å². The molecule has 0 N–H and O–H groups in total. The summed E-state index contributed by atoms with van der Waals surface area (Å²) in [7, 11) is 0. The summed E-state index contributed by atoms with van der Waals surface area (Å²) >= 11 is 0. The van der Waals surface area contributed by atoms with Crippen LogP contribution in [-0.4, -0.2) is 12.8 Å². The van der Waals surface area contributed by atoms with Gasteiger partial charge in [-0.1, -0.05) is 36.0 Å². The number of hydrogen-bond donors (Lipinski definition) is 0. The van der Waals surface area contributed by atoms with Crippen LogP contribution in [0, 0.1) is 6.07 Å². The van der Waals surface area contributed by atoms with E-state index in [1.54, 1.807) is 12.3 Å². The molecule has 0 unspecified atom stereocenters. The Morgan fingerprint density at radius 1 is 1.67 bits per heavy atom. The van der Waals surface area contributed by atoms with Crippen molar-refractivity contribution in [3.63, 3.8) is 0 Å². The molecule has 61 valence electrons. The summed E-state index contributed by atoms with van der Waals surface area (Å²) < 4.78 is 0. The summed E-state index contributed by atoms with van der Waals surface area (Å²) in [5.74, 6) is 0. The monoisotopic (exact) mass is 160 g/mol. The van der Waals surface area contributed by atoms with E-state index in [1.165, 1.54) is 0 Å². The topological polar surface area (TPSA) is 21.6 Å². The van der Waals surface area contributed by atoms with Crippen LogP contribution in [-0.2, 0) is 4.84 Å². The first kappa shape index (κ1) is 8.53. The van der Waals surface area contributed by atoms with Gasteiger partial charge in [-0.2, -0.15) is 0 Å². The van der Waals surface area contributed by atoms with E-state index in [0.29, 0.717) is 6.61 Å². The lowest BCUT2D eigenvalue weighted by Gasteiger charge is -1.91. The molecule has 0 aliphatic carbocycles. The maximum atomic E-state index is 4.82. The zero-order valence-electron chi connectivity index (χ0n) is 6.73. The van der Waals surface area contributed by atoms with Crippen molar-refractivity contribution in [1.29, 1.82) is 0 Å². The van der Waals surface area contributed by atoms with Crippen molar-refractivity contribution >= 4 is 6.21 Å². The summed E-state index contributed by atoms with van der Waals surface area (Å²) in [5.41, 5.74) is 0.974. The Morgan fingerprint density at radius 3 is 3.25 bits per heavy atom. The molecule has 0 aliphatic rings. The van der Waals surface area contributed by atoms with E-state index < -0.39 is 0 Å². The SMILES string of the molecule is C=CCON=Cc1c[c]ccc1. The Balaban J connectivity index is 2.41. The van der Waals surface area contributed by atoms with Gasteiger partial charge in [0, 0.05) is 0 Å². The van der Waals surface area contributed by atoms with Gasteiger partial charge < -0.3 is 4.84 Å². The van der Waals surface area contributed by atoms with Crippen molar-refractivity contribution in [1.82, 2.24) is 0 Å². The average Bonchev–Trinajstić information content (AvgIpc) is 2.14. The number of rotatable bonds is 4. The number of hydrogen-bond acceptors (Lipinski definition) is 2. The Hall–Kier alpha value is -1.57. The number of benzene rings is 1. The highest BCUT2D eigenvalue weighted by molar-refractivity contribution is 5.78. The molecule has 2 nitrogen and oxygen atoms in total. The summed E-state index contributed by atoms with van der Waals surface area (Å²) in [5, 5.41) is 3.72. The molecule has 0 aromatic heterocycles. The third-order valence-electron chi connectivity index (χ3n) is 1.20. The van der Waals surface area contributed by atoms with Gasteiger partial charge in [0.2, 0.25) is 0 Å². The first-order valence-electron chi connectivity index (χ1n) is 3.66. The molecule has 0 aliphatic heterocycles. The predicted molar refractivity (Wildman–Crippen MR) is 49.0 cm³/mol. The van der Waals surface area contributed by atoms with E-state index in [2.05, 4.69) is 17.8 Å². The van der Waals surface area contributed by atoms with Gasteiger partial charge in [0.15, 0.2) is 0 Å². The van der Waals surface area contributed by atoms with Crippen LogP contribution in [0.1, 0.15) is 5.56 Å². The highest BCUT2D eigenvalue weighted by Gasteiger charge is 1.82. The van der Waals surface area contributed by atoms with Crippen molar-refractivity contribution in [2.45, 2.75) is 0 Å². The Kier molecular flexibility index (Phi) is 3.64. The molecule has 2 heteroatoms. The zero-order valence-corrected chi connectivity index (χ0v) is 6.73. The molecule has 0 saturated carbocycles. The van der Waals surface area contributed by atoms with E-state index in [0.717, 1.165) is 5.56 Å². The quantitative estimate of drug-likeness (QED) is 0.286. The van der Waals surface area contributed by atoms with Crippen LogP contribution < -0.4 is 0 Å². The first-order chi connectivity index (χ1) is 5.93. The predicted octanol–water partition coefficient (Wildman–Crippen LogP) is 2.02. The summed E-state index contributed by atoms with van der Waals surface area (Å²) in [4.78, 5) is 4.82. The lowest BCUT2D eigenvalue weighted by atomic mass is 10.2. The van der Waals surface area contributed by atoms with Crippen molar-refractivity contribution < 1.29 is 4.84 Å². The Morgan fingerprint density at radius 2 is 2.58 bits per heavy atom. The maximum absolute atomic E-state index is 4.82. The van der Waals surface area contributed by atoms with E-state index >= 15 is 0 Å². The molecule has 0 spiro atoms. The standard InChI is InChI=1S/C10H10NO/c1-2-8-12-11-9-10-6-4-3-5-7-10/h2-4,6-7,9H,1,8H2. The fourth-order valence-corrected chi connectivity index (χ4v) is 0.681. The third-order valence-corrected chi connectivity index (χ3v) is 1.20. The van der Waals surface area contributed by atoms with Crippen LogP contribution >= 0.6 is 0 Å². The molecule has 1 rings (SSSR count).